The second-order valence-corrected chi connectivity index (χ2v) is 3.24. The summed E-state index contributed by atoms with van der Waals surface area (Å²) in [5, 5.41) is 3.31. The smallest absolute Gasteiger partial charge is 0.00642 e. The normalized spacial score (nSPS) is 29.0. The average molecular weight is 172 g/mol. The van der Waals surface area contributed by atoms with Gasteiger partial charge >= 0.3 is 0 Å². The zero-order valence-electron chi connectivity index (χ0n) is 8.77. The van der Waals surface area contributed by atoms with E-state index in [1.165, 1.54) is 25.7 Å². The summed E-state index contributed by atoms with van der Waals surface area (Å²) in [6, 6.07) is 0.766. The topological polar surface area (TPSA) is 38.0 Å². The van der Waals surface area contributed by atoms with Crippen LogP contribution in [0.2, 0.25) is 0 Å². The van der Waals surface area contributed by atoms with Gasteiger partial charge in [-0.1, -0.05) is 13.8 Å². The predicted molar refractivity (Wildman–Crippen MR) is 55.2 cm³/mol. The van der Waals surface area contributed by atoms with Crippen molar-refractivity contribution in [3.63, 3.8) is 0 Å². The van der Waals surface area contributed by atoms with Gasteiger partial charge in [0, 0.05) is 6.04 Å². The van der Waals surface area contributed by atoms with E-state index in [9.17, 15) is 0 Å². The molecule has 0 spiro atoms. The molecule has 1 rings (SSSR count). The standard InChI is InChI=1S/C8H18N2.C2H6/c1-10-8-4-2-7(6-9)3-5-8;1-2/h7-8,10H,2-6,9H2,1H3;1-2H3. The molecule has 0 amide bonds. The Hall–Kier alpha value is -0.0800. The molecule has 0 saturated heterocycles. The summed E-state index contributed by atoms with van der Waals surface area (Å²) in [5.74, 6) is 0.810. The molecule has 2 heteroatoms. The average Bonchev–Trinajstić information content (AvgIpc) is 2.21. The Bertz CT molecular complexity index is 73.8. The van der Waals surface area contributed by atoms with Crippen LogP contribution in [-0.2, 0) is 0 Å². The van der Waals surface area contributed by atoms with Crippen LogP contribution in [0.4, 0.5) is 0 Å². The Balaban J connectivity index is 0.000000561. The zero-order chi connectivity index (χ0) is 9.40. The maximum absolute atomic E-state index is 5.57. The van der Waals surface area contributed by atoms with Gasteiger partial charge in [-0.2, -0.15) is 0 Å². The van der Waals surface area contributed by atoms with Crippen molar-refractivity contribution in [2.75, 3.05) is 13.6 Å². The third kappa shape index (κ3) is 4.07. The maximum atomic E-state index is 5.57. The van der Waals surface area contributed by atoms with E-state index in [-0.39, 0.29) is 0 Å². The molecule has 0 bridgehead atoms. The van der Waals surface area contributed by atoms with Crippen LogP contribution in [-0.4, -0.2) is 19.6 Å². The van der Waals surface area contributed by atoms with E-state index in [2.05, 4.69) is 5.32 Å². The van der Waals surface area contributed by atoms with Crippen molar-refractivity contribution < 1.29 is 0 Å². The Morgan fingerprint density at radius 3 is 2.00 bits per heavy atom. The molecule has 0 aromatic heterocycles. The number of rotatable bonds is 2. The lowest BCUT2D eigenvalue weighted by atomic mass is 9.86. The van der Waals surface area contributed by atoms with Crippen molar-refractivity contribution in [2.45, 2.75) is 45.6 Å². The SMILES string of the molecule is CC.CNC1CCC(CN)CC1. The van der Waals surface area contributed by atoms with Gasteiger partial charge in [-0.3, -0.25) is 0 Å². The fraction of sp³-hybridized carbons (Fsp3) is 1.00. The van der Waals surface area contributed by atoms with Crippen molar-refractivity contribution >= 4 is 0 Å². The first-order valence-electron chi connectivity index (χ1n) is 5.24. The molecule has 1 aliphatic carbocycles. The van der Waals surface area contributed by atoms with Crippen LogP contribution in [0.1, 0.15) is 39.5 Å². The fourth-order valence-electron chi connectivity index (χ4n) is 1.69. The van der Waals surface area contributed by atoms with Crippen molar-refractivity contribution in [1.29, 1.82) is 0 Å². The molecule has 3 N–H and O–H groups in total. The third-order valence-electron chi connectivity index (χ3n) is 2.59. The van der Waals surface area contributed by atoms with Crippen molar-refractivity contribution in [1.82, 2.24) is 5.32 Å². The molecule has 0 atom stereocenters. The summed E-state index contributed by atoms with van der Waals surface area (Å²) in [5.41, 5.74) is 5.57. The van der Waals surface area contributed by atoms with Gasteiger partial charge in [0.25, 0.3) is 0 Å². The van der Waals surface area contributed by atoms with E-state index in [0.29, 0.717) is 0 Å². The number of nitrogens with two attached hydrogens (primary N) is 1. The van der Waals surface area contributed by atoms with E-state index >= 15 is 0 Å². The summed E-state index contributed by atoms with van der Waals surface area (Å²) in [7, 11) is 2.05. The van der Waals surface area contributed by atoms with E-state index in [0.717, 1.165) is 18.5 Å². The molecular weight excluding hydrogens is 148 g/mol. The summed E-state index contributed by atoms with van der Waals surface area (Å²) in [4.78, 5) is 0. The van der Waals surface area contributed by atoms with Gasteiger partial charge in [-0.15, -0.1) is 0 Å². The van der Waals surface area contributed by atoms with Gasteiger partial charge in [0.1, 0.15) is 0 Å². The molecule has 2 nitrogen and oxygen atoms in total. The van der Waals surface area contributed by atoms with E-state index in [4.69, 9.17) is 5.73 Å². The molecule has 1 saturated carbocycles. The Morgan fingerprint density at radius 1 is 1.17 bits per heavy atom. The summed E-state index contributed by atoms with van der Waals surface area (Å²) in [6.07, 6.45) is 5.28. The Labute approximate surface area is 76.9 Å². The first-order valence-corrected chi connectivity index (χ1v) is 5.24. The molecule has 1 fully saturated rings. The summed E-state index contributed by atoms with van der Waals surface area (Å²) < 4.78 is 0. The minimum Gasteiger partial charge on any atom is -0.330 e. The third-order valence-corrected chi connectivity index (χ3v) is 2.59. The van der Waals surface area contributed by atoms with Crippen LogP contribution in [0.25, 0.3) is 0 Å². The van der Waals surface area contributed by atoms with Crippen LogP contribution < -0.4 is 11.1 Å². The second kappa shape index (κ2) is 7.56. The minimum atomic E-state index is 0.766. The van der Waals surface area contributed by atoms with E-state index in [1.54, 1.807) is 0 Å². The lowest BCUT2D eigenvalue weighted by Crippen LogP contribution is -2.32. The minimum absolute atomic E-state index is 0.766. The molecule has 0 heterocycles. The van der Waals surface area contributed by atoms with Crippen LogP contribution in [0.3, 0.4) is 0 Å². The molecule has 0 aliphatic heterocycles. The lowest BCUT2D eigenvalue weighted by Gasteiger charge is -2.26. The monoisotopic (exact) mass is 172 g/mol. The first kappa shape index (κ1) is 11.9. The van der Waals surface area contributed by atoms with Crippen LogP contribution in [0.5, 0.6) is 0 Å². The summed E-state index contributed by atoms with van der Waals surface area (Å²) in [6.45, 7) is 4.89. The van der Waals surface area contributed by atoms with E-state index < -0.39 is 0 Å². The highest BCUT2D eigenvalue weighted by molar-refractivity contribution is 4.75. The number of hydrogen-bond acceptors (Lipinski definition) is 2. The highest BCUT2D eigenvalue weighted by Crippen LogP contribution is 2.22. The molecule has 1 aliphatic rings. The van der Waals surface area contributed by atoms with E-state index in [1.807, 2.05) is 20.9 Å². The van der Waals surface area contributed by atoms with Gasteiger partial charge in [0.05, 0.1) is 0 Å². The molecule has 0 aromatic rings. The second-order valence-electron chi connectivity index (χ2n) is 3.24. The molecule has 74 valence electrons. The summed E-state index contributed by atoms with van der Waals surface area (Å²) >= 11 is 0. The van der Waals surface area contributed by atoms with Crippen molar-refractivity contribution in [3.8, 4) is 0 Å². The van der Waals surface area contributed by atoms with Crippen LogP contribution in [0, 0.1) is 5.92 Å². The molecular formula is C10H24N2. The quantitative estimate of drug-likeness (QED) is 0.666. The lowest BCUT2D eigenvalue weighted by molar-refractivity contribution is 0.307. The van der Waals surface area contributed by atoms with Gasteiger partial charge in [0.15, 0.2) is 0 Å². The van der Waals surface area contributed by atoms with Crippen LogP contribution in [0.15, 0.2) is 0 Å². The predicted octanol–water partition coefficient (Wildman–Crippen LogP) is 1.75. The van der Waals surface area contributed by atoms with Gasteiger partial charge in [-0.05, 0) is 45.2 Å². The molecule has 12 heavy (non-hydrogen) atoms. The molecule has 0 radical (unpaired) electrons. The first-order chi connectivity index (χ1) is 5.86. The number of nitrogens with one attached hydrogen (secondary N) is 1. The van der Waals surface area contributed by atoms with Gasteiger partial charge in [-0.25, -0.2) is 0 Å². The van der Waals surface area contributed by atoms with Crippen molar-refractivity contribution in [2.24, 2.45) is 11.7 Å². The molecule has 0 aromatic carbocycles. The highest BCUT2D eigenvalue weighted by atomic mass is 14.9. The highest BCUT2D eigenvalue weighted by Gasteiger charge is 2.17. The van der Waals surface area contributed by atoms with Crippen LogP contribution >= 0.6 is 0 Å². The fourth-order valence-corrected chi connectivity index (χ4v) is 1.69. The largest absolute Gasteiger partial charge is 0.330 e. The zero-order valence-corrected chi connectivity index (χ0v) is 8.77. The maximum Gasteiger partial charge on any atom is 0.00642 e. The molecule has 0 unspecified atom stereocenters. The van der Waals surface area contributed by atoms with Crippen molar-refractivity contribution in [3.05, 3.63) is 0 Å². The Kier molecular flexibility index (Phi) is 7.51. The number of hydrogen-bond donors (Lipinski definition) is 2. The van der Waals surface area contributed by atoms with Gasteiger partial charge in [0.2, 0.25) is 0 Å². The Morgan fingerprint density at radius 2 is 1.67 bits per heavy atom. The van der Waals surface area contributed by atoms with Gasteiger partial charge < -0.3 is 11.1 Å².